The molecule has 0 fully saturated rings. The maximum atomic E-state index is 12.2. The molecule has 0 radical (unpaired) electrons. The van der Waals surface area contributed by atoms with Crippen molar-refractivity contribution < 1.29 is 9.53 Å². The van der Waals surface area contributed by atoms with Crippen molar-refractivity contribution in [1.29, 1.82) is 0 Å². The number of methoxy groups -OCH3 is 1. The Kier molecular flexibility index (Phi) is 3.99. The Labute approximate surface area is 114 Å². The van der Waals surface area contributed by atoms with Crippen molar-refractivity contribution in [2.45, 2.75) is 6.42 Å². The molecular weight excluding hydrogens is 294 g/mol. The number of hydrogen-bond acceptors (Lipinski definition) is 3. The van der Waals surface area contributed by atoms with E-state index in [4.69, 9.17) is 10.5 Å². The molecule has 0 aliphatic carbocycles. The van der Waals surface area contributed by atoms with Crippen molar-refractivity contribution in [1.82, 2.24) is 0 Å². The lowest BCUT2D eigenvalue weighted by Gasteiger charge is -2.11. The number of rotatable bonds is 4. The highest BCUT2D eigenvalue weighted by molar-refractivity contribution is 9.10. The molecule has 0 unspecified atom stereocenters. The van der Waals surface area contributed by atoms with Crippen molar-refractivity contribution in [3.8, 4) is 5.75 Å². The molecule has 0 amide bonds. The molecule has 3 nitrogen and oxygen atoms in total. The van der Waals surface area contributed by atoms with Gasteiger partial charge < -0.3 is 10.5 Å². The van der Waals surface area contributed by atoms with Crippen LogP contribution in [0.1, 0.15) is 16.8 Å². The quantitative estimate of drug-likeness (QED) is 0.883. The Balaban J connectivity index is 2.69. The number of carbonyl (C=O) groups excluding carboxylic acids is 1. The van der Waals surface area contributed by atoms with Crippen molar-refractivity contribution in [3.63, 3.8) is 0 Å². The van der Waals surface area contributed by atoms with Gasteiger partial charge in [-0.15, -0.1) is 0 Å². The second kappa shape index (κ2) is 5.50. The molecule has 0 aliphatic rings. The maximum absolute atomic E-state index is 12.2. The van der Waals surface area contributed by atoms with Gasteiger partial charge in [0.25, 0.3) is 0 Å². The standard InChI is InChI=1S/C14H14BrNO2/c1-18-13-5-2-9-8-10(15)3-4-11(9)14(13)12(17)6-7-16/h2-5,8H,6-7,16H2,1H3. The summed E-state index contributed by atoms with van der Waals surface area (Å²) < 4.78 is 6.26. The average molecular weight is 308 g/mol. The van der Waals surface area contributed by atoms with Gasteiger partial charge in [-0.3, -0.25) is 4.79 Å². The van der Waals surface area contributed by atoms with Crippen molar-refractivity contribution in [2.75, 3.05) is 13.7 Å². The van der Waals surface area contributed by atoms with Crippen LogP contribution in [0.2, 0.25) is 0 Å². The molecule has 0 bridgehead atoms. The van der Waals surface area contributed by atoms with Crippen LogP contribution in [0, 0.1) is 0 Å². The molecule has 2 N–H and O–H groups in total. The van der Waals surface area contributed by atoms with Gasteiger partial charge in [0.1, 0.15) is 5.75 Å². The molecule has 2 aromatic carbocycles. The van der Waals surface area contributed by atoms with Crippen LogP contribution < -0.4 is 10.5 Å². The van der Waals surface area contributed by atoms with Gasteiger partial charge in [0.05, 0.1) is 12.7 Å². The second-order valence-corrected chi connectivity index (χ2v) is 4.89. The van der Waals surface area contributed by atoms with E-state index in [0.29, 0.717) is 24.3 Å². The molecule has 0 aliphatic heterocycles. The van der Waals surface area contributed by atoms with Crippen molar-refractivity contribution in [2.24, 2.45) is 5.73 Å². The van der Waals surface area contributed by atoms with E-state index in [9.17, 15) is 4.79 Å². The Morgan fingerprint density at radius 2 is 2.11 bits per heavy atom. The van der Waals surface area contributed by atoms with Gasteiger partial charge in [-0.25, -0.2) is 0 Å². The van der Waals surface area contributed by atoms with Crippen LogP contribution in [0.3, 0.4) is 0 Å². The maximum Gasteiger partial charge on any atom is 0.168 e. The first-order valence-corrected chi connectivity index (χ1v) is 6.46. The predicted octanol–water partition coefficient (Wildman–Crippen LogP) is 3.14. The number of fused-ring (bicyclic) bond motifs is 1. The van der Waals surface area contributed by atoms with E-state index >= 15 is 0 Å². The Morgan fingerprint density at radius 3 is 2.78 bits per heavy atom. The fraction of sp³-hybridized carbons (Fsp3) is 0.214. The topological polar surface area (TPSA) is 52.3 Å². The summed E-state index contributed by atoms with van der Waals surface area (Å²) in [4.78, 5) is 12.2. The van der Waals surface area contributed by atoms with Gasteiger partial charge >= 0.3 is 0 Å². The number of halogens is 1. The highest BCUT2D eigenvalue weighted by atomic mass is 79.9. The second-order valence-electron chi connectivity index (χ2n) is 3.97. The molecule has 2 aromatic rings. The van der Waals surface area contributed by atoms with E-state index in [0.717, 1.165) is 15.2 Å². The highest BCUT2D eigenvalue weighted by Crippen LogP contribution is 2.30. The third-order valence-electron chi connectivity index (χ3n) is 2.81. The van der Waals surface area contributed by atoms with Gasteiger partial charge in [0.15, 0.2) is 5.78 Å². The van der Waals surface area contributed by atoms with Crippen LogP contribution in [0.5, 0.6) is 5.75 Å². The summed E-state index contributed by atoms with van der Waals surface area (Å²) in [6.45, 7) is 0.342. The summed E-state index contributed by atoms with van der Waals surface area (Å²) >= 11 is 3.42. The molecule has 4 heteroatoms. The lowest BCUT2D eigenvalue weighted by Crippen LogP contribution is -2.10. The van der Waals surface area contributed by atoms with Gasteiger partial charge in [0, 0.05) is 10.9 Å². The van der Waals surface area contributed by atoms with Gasteiger partial charge in [-0.2, -0.15) is 0 Å². The minimum atomic E-state index is 0.0160. The van der Waals surface area contributed by atoms with E-state index in [1.165, 1.54) is 0 Å². The summed E-state index contributed by atoms with van der Waals surface area (Å²) in [6, 6.07) is 9.58. The van der Waals surface area contributed by atoms with E-state index in [-0.39, 0.29) is 5.78 Å². The highest BCUT2D eigenvalue weighted by Gasteiger charge is 2.15. The number of benzene rings is 2. The smallest absolute Gasteiger partial charge is 0.168 e. The molecule has 0 saturated heterocycles. The monoisotopic (exact) mass is 307 g/mol. The van der Waals surface area contributed by atoms with E-state index in [1.807, 2.05) is 30.3 Å². The summed E-state index contributed by atoms with van der Waals surface area (Å²) in [5, 5.41) is 1.90. The van der Waals surface area contributed by atoms with Crippen molar-refractivity contribution in [3.05, 3.63) is 40.4 Å². The lowest BCUT2D eigenvalue weighted by atomic mass is 9.99. The van der Waals surface area contributed by atoms with E-state index < -0.39 is 0 Å². The van der Waals surface area contributed by atoms with Crippen LogP contribution in [-0.2, 0) is 0 Å². The van der Waals surface area contributed by atoms with Crippen molar-refractivity contribution >= 4 is 32.5 Å². The molecule has 0 saturated carbocycles. The number of Topliss-reactive ketones (excluding diaryl/α,β-unsaturated/α-hetero) is 1. The molecular formula is C14H14BrNO2. The molecule has 0 aromatic heterocycles. The lowest BCUT2D eigenvalue weighted by molar-refractivity contribution is 0.0984. The largest absolute Gasteiger partial charge is 0.496 e. The Bertz CT molecular complexity index is 596. The molecule has 0 atom stereocenters. The summed E-state index contributed by atoms with van der Waals surface area (Å²) in [6.07, 6.45) is 0.325. The fourth-order valence-corrected chi connectivity index (χ4v) is 2.37. The van der Waals surface area contributed by atoms with Crippen LogP contribution >= 0.6 is 15.9 Å². The zero-order valence-corrected chi connectivity index (χ0v) is 11.7. The number of ether oxygens (including phenoxy) is 1. The average Bonchev–Trinajstić information content (AvgIpc) is 2.37. The molecule has 0 heterocycles. The summed E-state index contributed by atoms with van der Waals surface area (Å²) in [7, 11) is 1.57. The predicted molar refractivity (Wildman–Crippen MR) is 76.2 cm³/mol. The Hall–Kier alpha value is -1.39. The summed E-state index contributed by atoms with van der Waals surface area (Å²) in [5.74, 6) is 0.616. The number of carbonyl (C=O) groups is 1. The molecule has 0 spiro atoms. The van der Waals surface area contributed by atoms with Crippen LogP contribution in [-0.4, -0.2) is 19.4 Å². The number of nitrogens with two attached hydrogens (primary N) is 1. The third-order valence-corrected chi connectivity index (χ3v) is 3.31. The Morgan fingerprint density at radius 1 is 1.33 bits per heavy atom. The van der Waals surface area contributed by atoms with Crippen LogP contribution in [0.4, 0.5) is 0 Å². The van der Waals surface area contributed by atoms with Gasteiger partial charge in [-0.1, -0.05) is 28.1 Å². The molecule has 18 heavy (non-hydrogen) atoms. The van der Waals surface area contributed by atoms with Gasteiger partial charge in [0.2, 0.25) is 0 Å². The minimum Gasteiger partial charge on any atom is -0.496 e. The van der Waals surface area contributed by atoms with Crippen LogP contribution in [0.25, 0.3) is 10.8 Å². The zero-order chi connectivity index (χ0) is 13.1. The summed E-state index contributed by atoms with van der Waals surface area (Å²) in [5.41, 5.74) is 6.08. The fourth-order valence-electron chi connectivity index (χ4n) is 1.99. The third kappa shape index (κ3) is 2.40. The number of hydrogen-bond donors (Lipinski definition) is 1. The number of ketones is 1. The normalized spacial score (nSPS) is 10.6. The minimum absolute atomic E-state index is 0.0160. The zero-order valence-electron chi connectivity index (χ0n) is 10.1. The van der Waals surface area contributed by atoms with Crippen LogP contribution in [0.15, 0.2) is 34.8 Å². The first-order chi connectivity index (χ1) is 8.67. The van der Waals surface area contributed by atoms with Gasteiger partial charge in [-0.05, 0) is 35.5 Å². The SMILES string of the molecule is COc1ccc2cc(Br)ccc2c1C(=O)CCN. The molecule has 94 valence electrons. The first-order valence-electron chi connectivity index (χ1n) is 5.67. The molecule has 2 rings (SSSR count). The van der Waals surface area contributed by atoms with E-state index in [1.54, 1.807) is 7.11 Å². The van der Waals surface area contributed by atoms with E-state index in [2.05, 4.69) is 15.9 Å². The first kappa shape index (κ1) is 13.1.